The highest BCUT2D eigenvalue weighted by Crippen LogP contribution is 2.27. The van der Waals surface area contributed by atoms with Gasteiger partial charge in [0.15, 0.2) is 0 Å². The van der Waals surface area contributed by atoms with Gasteiger partial charge in [0.1, 0.15) is 0 Å². The lowest BCUT2D eigenvalue weighted by Crippen LogP contribution is -2.51. The van der Waals surface area contributed by atoms with Crippen molar-refractivity contribution in [1.82, 2.24) is 14.0 Å². The number of rotatable bonds is 2. The standard InChI is InChI=1S/C17H19N3O6S/c1-12-4-6-15(7-5-12)27(23,24)18-8-13-10-19(16(21)25-2)20(17(22)26-3)11-14(13)9-18/h4-9H,10-11H2,1-3H3. The molecule has 0 saturated carbocycles. The number of fused-ring (bicyclic) bond motifs is 1. The first-order chi connectivity index (χ1) is 12.8. The molecule has 0 radical (unpaired) electrons. The zero-order valence-corrected chi connectivity index (χ0v) is 15.9. The summed E-state index contributed by atoms with van der Waals surface area (Å²) in [5.74, 6) is 0. The summed E-state index contributed by atoms with van der Waals surface area (Å²) >= 11 is 0. The Bertz CT molecular complexity index is 939. The second-order valence-electron chi connectivity index (χ2n) is 6.01. The second-order valence-corrected chi connectivity index (χ2v) is 7.86. The van der Waals surface area contributed by atoms with Gasteiger partial charge in [0.05, 0.1) is 32.2 Å². The van der Waals surface area contributed by atoms with E-state index in [-0.39, 0.29) is 18.0 Å². The minimum Gasteiger partial charge on any atom is -0.452 e. The van der Waals surface area contributed by atoms with Gasteiger partial charge < -0.3 is 9.47 Å². The van der Waals surface area contributed by atoms with Crippen LogP contribution >= 0.6 is 0 Å². The van der Waals surface area contributed by atoms with E-state index in [9.17, 15) is 18.0 Å². The Morgan fingerprint density at radius 2 is 1.33 bits per heavy atom. The number of ether oxygens (including phenoxy) is 2. The lowest BCUT2D eigenvalue weighted by Gasteiger charge is -2.35. The molecule has 27 heavy (non-hydrogen) atoms. The minimum atomic E-state index is -3.79. The second kappa shape index (κ2) is 6.95. The quantitative estimate of drug-likeness (QED) is 0.775. The van der Waals surface area contributed by atoms with Crippen molar-refractivity contribution in [3.8, 4) is 0 Å². The van der Waals surface area contributed by atoms with E-state index in [1.54, 1.807) is 12.1 Å². The first-order valence-electron chi connectivity index (χ1n) is 8.00. The summed E-state index contributed by atoms with van der Waals surface area (Å²) in [6, 6.07) is 6.50. The van der Waals surface area contributed by atoms with Crippen molar-refractivity contribution in [2.24, 2.45) is 0 Å². The van der Waals surface area contributed by atoms with E-state index < -0.39 is 22.2 Å². The van der Waals surface area contributed by atoms with E-state index in [1.807, 2.05) is 6.92 Å². The number of hydrazine groups is 1. The van der Waals surface area contributed by atoms with Crippen LogP contribution < -0.4 is 0 Å². The fourth-order valence-electron chi connectivity index (χ4n) is 2.80. The molecule has 2 amide bonds. The van der Waals surface area contributed by atoms with Crippen LogP contribution in [0.3, 0.4) is 0 Å². The monoisotopic (exact) mass is 393 g/mol. The number of carbonyl (C=O) groups is 2. The zero-order valence-electron chi connectivity index (χ0n) is 15.1. The minimum absolute atomic E-state index is 0.0203. The van der Waals surface area contributed by atoms with Gasteiger partial charge in [0, 0.05) is 12.4 Å². The number of nitrogens with zero attached hydrogens (tertiary/aromatic N) is 3. The predicted octanol–water partition coefficient (Wildman–Crippen LogP) is 2.10. The third-order valence-corrected chi connectivity index (χ3v) is 5.91. The van der Waals surface area contributed by atoms with Crippen molar-refractivity contribution in [2.45, 2.75) is 24.9 Å². The Morgan fingerprint density at radius 1 is 0.889 bits per heavy atom. The van der Waals surface area contributed by atoms with Crippen LogP contribution in [0.5, 0.6) is 0 Å². The Morgan fingerprint density at radius 3 is 1.74 bits per heavy atom. The number of hydrogen-bond donors (Lipinski definition) is 0. The van der Waals surface area contributed by atoms with E-state index in [4.69, 9.17) is 9.47 Å². The highest BCUT2D eigenvalue weighted by atomic mass is 32.2. The van der Waals surface area contributed by atoms with Crippen LogP contribution in [0.2, 0.25) is 0 Å². The third kappa shape index (κ3) is 3.35. The van der Waals surface area contributed by atoms with Gasteiger partial charge in [-0.3, -0.25) is 0 Å². The zero-order chi connectivity index (χ0) is 19.8. The maximum Gasteiger partial charge on any atom is 0.429 e. The van der Waals surface area contributed by atoms with Gasteiger partial charge in [-0.2, -0.15) is 0 Å². The molecule has 9 nitrogen and oxygen atoms in total. The van der Waals surface area contributed by atoms with Crippen LogP contribution in [0.4, 0.5) is 9.59 Å². The van der Waals surface area contributed by atoms with Crippen molar-refractivity contribution >= 4 is 22.2 Å². The Hall–Kier alpha value is -3.01. The predicted molar refractivity (Wildman–Crippen MR) is 94.1 cm³/mol. The summed E-state index contributed by atoms with van der Waals surface area (Å²) in [6.45, 7) is 1.83. The molecule has 1 aliphatic rings. The molecular formula is C17H19N3O6S. The molecule has 2 aromatic rings. The largest absolute Gasteiger partial charge is 0.452 e. The molecule has 0 saturated heterocycles. The smallest absolute Gasteiger partial charge is 0.429 e. The van der Waals surface area contributed by atoms with Crippen LogP contribution in [-0.4, -0.2) is 48.8 Å². The van der Waals surface area contributed by atoms with Crippen LogP contribution in [0, 0.1) is 6.92 Å². The van der Waals surface area contributed by atoms with Crippen molar-refractivity contribution < 1.29 is 27.5 Å². The number of aromatic nitrogens is 1. The highest BCUT2D eigenvalue weighted by molar-refractivity contribution is 7.90. The molecule has 1 aliphatic heterocycles. The van der Waals surface area contributed by atoms with Gasteiger partial charge in [-0.05, 0) is 30.2 Å². The lowest BCUT2D eigenvalue weighted by atomic mass is 10.1. The summed E-state index contributed by atoms with van der Waals surface area (Å²) in [4.78, 5) is 24.1. The number of benzene rings is 1. The molecule has 0 aliphatic carbocycles. The van der Waals surface area contributed by atoms with E-state index in [0.717, 1.165) is 19.6 Å². The van der Waals surface area contributed by atoms with E-state index in [0.29, 0.717) is 11.1 Å². The Balaban J connectivity index is 1.99. The molecule has 10 heteroatoms. The molecule has 0 fully saturated rings. The molecule has 3 rings (SSSR count). The molecule has 144 valence electrons. The number of carbonyl (C=O) groups excluding carboxylic acids is 2. The molecule has 0 spiro atoms. The number of methoxy groups -OCH3 is 2. The summed E-state index contributed by atoms with van der Waals surface area (Å²) in [7, 11) is -1.40. The van der Waals surface area contributed by atoms with Gasteiger partial charge >= 0.3 is 12.2 Å². The van der Waals surface area contributed by atoms with Gasteiger partial charge in [-0.1, -0.05) is 17.7 Å². The normalized spacial score (nSPS) is 13.9. The van der Waals surface area contributed by atoms with Crippen LogP contribution in [0.1, 0.15) is 16.7 Å². The first-order valence-corrected chi connectivity index (χ1v) is 9.44. The average molecular weight is 393 g/mol. The van der Waals surface area contributed by atoms with Crippen molar-refractivity contribution in [3.05, 3.63) is 53.3 Å². The highest BCUT2D eigenvalue weighted by Gasteiger charge is 2.34. The Kier molecular flexibility index (Phi) is 4.83. The molecule has 0 bridgehead atoms. The maximum absolute atomic E-state index is 12.9. The van der Waals surface area contributed by atoms with E-state index >= 15 is 0 Å². The van der Waals surface area contributed by atoms with Crippen molar-refractivity contribution in [2.75, 3.05) is 14.2 Å². The van der Waals surface area contributed by atoms with Crippen molar-refractivity contribution in [3.63, 3.8) is 0 Å². The summed E-state index contributed by atoms with van der Waals surface area (Å²) in [5, 5.41) is 2.13. The van der Waals surface area contributed by atoms with Gasteiger partial charge in [0.25, 0.3) is 10.0 Å². The third-order valence-electron chi connectivity index (χ3n) is 4.28. The van der Waals surface area contributed by atoms with Gasteiger partial charge in [-0.15, -0.1) is 0 Å². The van der Waals surface area contributed by atoms with Gasteiger partial charge in [0.2, 0.25) is 0 Å². The van der Waals surface area contributed by atoms with Crippen LogP contribution in [0.25, 0.3) is 0 Å². The maximum atomic E-state index is 12.9. The molecule has 0 atom stereocenters. The van der Waals surface area contributed by atoms with E-state index in [1.165, 1.54) is 38.7 Å². The summed E-state index contributed by atoms with van der Waals surface area (Å²) in [6.07, 6.45) is 1.38. The van der Waals surface area contributed by atoms with Crippen LogP contribution in [0.15, 0.2) is 41.6 Å². The van der Waals surface area contributed by atoms with Crippen molar-refractivity contribution in [1.29, 1.82) is 0 Å². The lowest BCUT2D eigenvalue weighted by molar-refractivity contribution is -0.0287. The van der Waals surface area contributed by atoms with Crippen LogP contribution in [-0.2, 0) is 32.6 Å². The number of aryl methyl sites for hydroxylation is 1. The topological polar surface area (TPSA) is 98.1 Å². The SMILES string of the molecule is COC(=O)N1Cc2cn(S(=O)(=O)c3ccc(C)cc3)cc2CN1C(=O)OC. The van der Waals surface area contributed by atoms with E-state index in [2.05, 4.69) is 0 Å². The number of hydrogen-bond acceptors (Lipinski definition) is 6. The molecule has 0 unspecified atom stereocenters. The summed E-state index contributed by atoms with van der Waals surface area (Å²) < 4.78 is 36.2. The molecule has 1 aromatic carbocycles. The first kappa shape index (κ1) is 18.8. The fraction of sp³-hybridized carbons (Fsp3) is 0.294. The average Bonchev–Trinajstić information content (AvgIpc) is 3.10. The fourth-order valence-corrected chi connectivity index (χ4v) is 4.05. The number of amides is 2. The molecule has 2 heterocycles. The summed E-state index contributed by atoms with van der Waals surface area (Å²) in [5.41, 5.74) is 2.13. The molecular weight excluding hydrogens is 374 g/mol. The van der Waals surface area contributed by atoms with Gasteiger partial charge in [-0.25, -0.2) is 32.0 Å². The Labute approximate surface area is 156 Å². The molecule has 1 aromatic heterocycles. The molecule has 0 N–H and O–H groups in total.